The zero-order chi connectivity index (χ0) is 15.3. The highest BCUT2D eigenvalue weighted by atomic mass is 32.2. The molecule has 1 rings (SSSR count). The summed E-state index contributed by atoms with van der Waals surface area (Å²) in [7, 11) is -2.56. The molecule has 0 spiro atoms. The van der Waals surface area contributed by atoms with Gasteiger partial charge in [0, 0.05) is 6.92 Å². The number of esters is 1. The molecule has 1 atom stereocenters. The molecule has 0 saturated heterocycles. The average Bonchev–Trinajstić information content (AvgIpc) is 2.36. The molecule has 20 heavy (non-hydrogen) atoms. The van der Waals surface area contributed by atoms with Gasteiger partial charge >= 0.3 is 5.97 Å². The van der Waals surface area contributed by atoms with E-state index in [2.05, 4.69) is 10.1 Å². The van der Waals surface area contributed by atoms with Crippen molar-refractivity contribution in [2.75, 3.05) is 12.9 Å². The predicted molar refractivity (Wildman–Crippen MR) is 72.9 cm³/mol. The standard InChI is InChI=1S/C13H17NO5S/c1-9-5-4-6-11(7-9)20(17,18)8-12(13(16)19-3)14-10(2)15/h4-7,12H,8H2,1-3H3,(H,14,15). The minimum atomic E-state index is -3.70. The number of carbonyl (C=O) groups is 2. The maximum Gasteiger partial charge on any atom is 0.329 e. The van der Waals surface area contributed by atoms with Crippen molar-refractivity contribution in [3.8, 4) is 0 Å². The van der Waals surface area contributed by atoms with Crippen molar-refractivity contribution in [1.82, 2.24) is 5.32 Å². The third kappa shape index (κ3) is 4.34. The number of amides is 1. The van der Waals surface area contributed by atoms with Crippen LogP contribution in [-0.2, 0) is 24.2 Å². The van der Waals surface area contributed by atoms with E-state index in [-0.39, 0.29) is 4.90 Å². The molecular weight excluding hydrogens is 282 g/mol. The summed E-state index contributed by atoms with van der Waals surface area (Å²) in [4.78, 5) is 22.7. The van der Waals surface area contributed by atoms with Crippen LogP contribution in [0.25, 0.3) is 0 Å². The number of benzene rings is 1. The third-order valence-corrected chi connectivity index (χ3v) is 4.34. The molecule has 0 aliphatic carbocycles. The van der Waals surface area contributed by atoms with Gasteiger partial charge in [-0.3, -0.25) is 4.79 Å². The first kappa shape index (κ1) is 16.2. The van der Waals surface area contributed by atoms with E-state index < -0.39 is 33.5 Å². The molecule has 0 aliphatic rings. The molecule has 1 amide bonds. The second kappa shape index (κ2) is 6.51. The van der Waals surface area contributed by atoms with E-state index in [1.807, 2.05) is 0 Å². The van der Waals surface area contributed by atoms with E-state index in [1.54, 1.807) is 19.1 Å². The summed E-state index contributed by atoms with van der Waals surface area (Å²) in [5.74, 6) is -1.83. The highest BCUT2D eigenvalue weighted by Gasteiger charge is 2.28. The molecular formula is C13H17NO5S. The minimum Gasteiger partial charge on any atom is -0.467 e. The zero-order valence-electron chi connectivity index (χ0n) is 11.5. The van der Waals surface area contributed by atoms with Gasteiger partial charge in [0.25, 0.3) is 0 Å². The number of rotatable bonds is 5. The van der Waals surface area contributed by atoms with Gasteiger partial charge in [0.1, 0.15) is 6.04 Å². The van der Waals surface area contributed by atoms with Crippen molar-refractivity contribution >= 4 is 21.7 Å². The lowest BCUT2D eigenvalue weighted by molar-refractivity contribution is -0.144. The second-order valence-corrected chi connectivity index (χ2v) is 6.41. The Bertz CT molecular complexity index is 609. The van der Waals surface area contributed by atoms with E-state index in [4.69, 9.17) is 0 Å². The molecule has 0 aromatic heterocycles. The Morgan fingerprint density at radius 2 is 2.00 bits per heavy atom. The summed E-state index contributed by atoms with van der Waals surface area (Å²) in [6, 6.07) is 5.13. The number of sulfone groups is 1. The van der Waals surface area contributed by atoms with E-state index in [0.29, 0.717) is 0 Å². The van der Waals surface area contributed by atoms with Gasteiger partial charge in [-0.15, -0.1) is 0 Å². The topological polar surface area (TPSA) is 89.5 Å². The van der Waals surface area contributed by atoms with Crippen LogP contribution in [0.2, 0.25) is 0 Å². The molecule has 0 heterocycles. The minimum absolute atomic E-state index is 0.108. The Hall–Kier alpha value is -1.89. The summed E-state index contributed by atoms with van der Waals surface area (Å²) in [6.07, 6.45) is 0. The Balaban J connectivity index is 3.02. The summed E-state index contributed by atoms with van der Waals surface area (Å²) < 4.78 is 29.0. The molecule has 7 heteroatoms. The van der Waals surface area contributed by atoms with Gasteiger partial charge in [0.15, 0.2) is 9.84 Å². The maximum atomic E-state index is 12.2. The Morgan fingerprint density at radius 3 is 2.50 bits per heavy atom. The Labute approximate surface area is 118 Å². The predicted octanol–water partition coefficient (Wildman–Crippen LogP) is 0.446. The molecule has 0 aliphatic heterocycles. The zero-order valence-corrected chi connectivity index (χ0v) is 12.4. The number of carbonyl (C=O) groups excluding carboxylic acids is 2. The number of aryl methyl sites for hydroxylation is 1. The van der Waals surface area contributed by atoms with Crippen molar-refractivity contribution in [3.63, 3.8) is 0 Å². The van der Waals surface area contributed by atoms with Crippen LogP contribution < -0.4 is 5.32 Å². The molecule has 0 saturated carbocycles. The molecule has 1 aromatic carbocycles. The van der Waals surface area contributed by atoms with E-state index in [1.165, 1.54) is 19.1 Å². The molecule has 0 fully saturated rings. The maximum absolute atomic E-state index is 12.2. The van der Waals surface area contributed by atoms with Crippen LogP contribution in [0.15, 0.2) is 29.2 Å². The van der Waals surface area contributed by atoms with Gasteiger partial charge in [-0.2, -0.15) is 0 Å². The Morgan fingerprint density at radius 1 is 1.35 bits per heavy atom. The summed E-state index contributed by atoms with van der Waals surface area (Å²) >= 11 is 0. The molecule has 1 N–H and O–H groups in total. The van der Waals surface area contributed by atoms with E-state index in [9.17, 15) is 18.0 Å². The molecule has 0 radical (unpaired) electrons. The largest absolute Gasteiger partial charge is 0.467 e. The van der Waals surface area contributed by atoms with Crippen LogP contribution in [0.1, 0.15) is 12.5 Å². The first-order chi connectivity index (χ1) is 9.26. The van der Waals surface area contributed by atoms with Crippen LogP contribution in [0.4, 0.5) is 0 Å². The van der Waals surface area contributed by atoms with Crippen molar-refractivity contribution in [2.45, 2.75) is 24.8 Å². The second-order valence-electron chi connectivity index (χ2n) is 4.37. The fourth-order valence-electron chi connectivity index (χ4n) is 1.68. The van der Waals surface area contributed by atoms with Crippen molar-refractivity contribution in [1.29, 1.82) is 0 Å². The van der Waals surface area contributed by atoms with Crippen LogP contribution in [0.5, 0.6) is 0 Å². The normalized spacial score (nSPS) is 12.6. The first-order valence-corrected chi connectivity index (χ1v) is 7.56. The SMILES string of the molecule is COC(=O)C(CS(=O)(=O)c1cccc(C)c1)NC(C)=O. The van der Waals surface area contributed by atoms with Gasteiger partial charge in [-0.25, -0.2) is 13.2 Å². The molecule has 0 bridgehead atoms. The van der Waals surface area contributed by atoms with E-state index >= 15 is 0 Å². The van der Waals surface area contributed by atoms with Gasteiger partial charge in [0.2, 0.25) is 5.91 Å². The number of hydrogen-bond donors (Lipinski definition) is 1. The lowest BCUT2D eigenvalue weighted by atomic mass is 10.2. The number of nitrogens with one attached hydrogen (secondary N) is 1. The molecule has 110 valence electrons. The summed E-state index contributed by atoms with van der Waals surface area (Å²) in [6.45, 7) is 2.97. The Kier molecular flexibility index (Phi) is 5.26. The van der Waals surface area contributed by atoms with Crippen LogP contribution in [0, 0.1) is 6.92 Å². The lowest BCUT2D eigenvalue weighted by Crippen LogP contribution is -2.45. The average molecular weight is 299 g/mol. The highest BCUT2D eigenvalue weighted by Crippen LogP contribution is 2.14. The number of hydrogen-bond acceptors (Lipinski definition) is 5. The monoisotopic (exact) mass is 299 g/mol. The fraction of sp³-hybridized carbons (Fsp3) is 0.385. The van der Waals surface area contributed by atoms with Crippen molar-refractivity contribution in [2.24, 2.45) is 0 Å². The molecule has 1 aromatic rings. The van der Waals surface area contributed by atoms with Crippen LogP contribution >= 0.6 is 0 Å². The van der Waals surface area contributed by atoms with Gasteiger partial charge in [-0.1, -0.05) is 12.1 Å². The summed E-state index contributed by atoms with van der Waals surface area (Å²) in [5.41, 5.74) is 0.792. The van der Waals surface area contributed by atoms with Crippen molar-refractivity contribution < 1.29 is 22.7 Å². The quantitative estimate of drug-likeness (QED) is 0.797. The van der Waals surface area contributed by atoms with Gasteiger partial charge < -0.3 is 10.1 Å². The van der Waals surface area contributed by atoms with E-state index in [0.717, 1.165) is 12.7 Å². The molecule has 6 nitrogen and oxygen atoms in total. The molecule has 1 unspecified atom stereocenters. The van der Waals surface area contributed by atoms with Gasteiger partial charge in [-0.05, 0) is 24.6 Å². The number of ether oxygens (including phenoxy) is 1. The van der Waals surface area contributed by atoms with Crippen LogP contribution in [0.3, 0.4) is 0 Å². The van der Waals surface area contributed by atoms with Gasteiger partial charge in [0.05, 0.1) is 17.8 Å². The highest BCUT2D eigenvalue weighted by molar-refractivity contribution is 7.91. The van der Waals surface area contributed by atoms with Crippen LogP contribution in [-0.4, -0.2) is 39.2 Å². The first-order valence-electron chi connectivity index (χ1n) is 5.90. The number of methoxy groups -OCH3 is 1. The fourth-order valence-corrected chi connectivity index (χ4v) is 3.18. The smallest absolute Gasteiger partial charge is 0.329 e. The third-order valence-electron chi connectivity index (χ3n) is 2.60. The summed E-state index contributed by atoms with van der Waals surface area (Å²) in [5, 5.41) is 2.28. The van der Waals surface area contributed by atoms with Crippen molar-refractivity contribution in [3.05, 3.63) is 29.8 Å². The lowest BCUT2D eigenvalue weighted by Gasteiger charge is -2.15.